The fourth-order valence-corrected chi connectivity index (χ4v) is 2.38. The Morgan fingerprint density at radius 2 is 1.94 bits per heavy atom. The van der Waals surface area contributed by atoms with Gasteiger partial charge in [0, 0.05) is 36.4 Å². The topological polar surface area (TPSA) is 15.3 Å². The third kappa shape index (κ3) is 2.64. The molecule has 0 aromatic heterocycles. The monoisotopic (exact) mass is 254 g/mol. The number of nitrogens with one attached hydrogen (secondary N) is 1. The molecule has 0 radical (unpaired) electrons. The highest BCUT2D eigenvalue weighted by Crippen LogP contribution is 2.26. The van der Waals surface area contributed by atoms with Gasteiger partial charge in [0.05, 0.1) is 0 Å². The summed E-state index contributed by atoms with van der Waals surface area (Å²) in [6.45, 7) is 7.90. The van der Waals surface area contributed by atoms with Gasteiger partial charge in [-0.1, -0.05) is 6.92 Å². The number of benzene rings is 1. The third-order valence-corrected chi connectivity index (χ3v) is 3.83. The van der Waals surface area contributed by atoms with E-state index in [0.717, 1.165) is 25.6 Å². The van der Waals surface area contributed by atoms with Gasteiger partial charge in [0.25, 0.3) is 0 Å². The summed E-state index contributed by atoms with van der Waals surface area (Å²) in [7, 11) is 0. The summed E-state index contributed by atoms with van der Waals surface area (Å²) in [5, 5.41) is 3.49. The van der Waals surface area contributed by atoms with E-state index in [-0.39, 0.29) is 11.6 Å². The second kappa shape index (κ2) is 4.84. The average molecular weight is 254 g/mol. The van der Waals surface area contributed by atoms with Crippen LogP contribution in [-0.2, 0) is 0 Å². The zero-order valence-corrected chi connectivity index (χ0v) is 11.1. The van der Waals surface area contributed by atoms with Gasteiger partial charge in [0.1, 0.15) is 11.6 Å². The summed E-state index contributed by atoms with van der Waals surface area (Å²) in [4.78, 5) is 2.08. The molecule has 1 N–H and O–H groups in total. The minimum atomic E-state index is -0.520. The lowest BCUT2D eigenvalue weighted by Crippen LogP contribution is -2.62. The van der Waals surface area contributed by atoms with Gasteiger partial charge in [-0.25, -0.2) is 8.78 Å². The van der Waals surface area contributed by atoms with E-state index < -0.39 is 11.6 Å². The molecule has 4 heteroatoms. The molecule has 2 rings (SSSR count). The van der Waals surface area contributed by atoms with Crippen LogP contribution in [0.1, 0.15) is 27.2 Å². The number of rotatable bonds is 2. The lowest BCUT2D eigenvalue weighted by molar-refractivity contribution is 0.285. The van der Waals surface area contributed by atoms with Gasteiger partial charge in [0.15, 0.2) is 0 Å². The van der Waals surface area contributed by atoms with E-state index in [1.54, 1.807) is 0 Å². The van der Waals surface area contributed by atoms with Crippen molar-refractivity contribution in [1.82, 2.24) is 5.32 Å². The number of nitrogens with zero attached hydrogens (tertiary/aromatic N) is 1. The molecule has 0 saturated carbocycles. The molecule has 2 nitrogen and oxygen atoms in total. The van der Waals surface area contributed by atoms with Crippen LogP contribution < -0.4 is 10.2 Å². The van der Waals surface area contributed by atoms with Crippen molar-refractivity contribution in [3.63, 3.8) is 0 Å². The van der Waals surface area contributed by atoms with Gasteiger partial charge in [-0.05, 0) is 32.4 Å². The van der Waals surface area contributed by atoms with Crippen LogP contribution in [-0.4, -0.2) is 24.7 Å². The predicted molar refractivity (Wildman–Crippen MR) is 69.9 cm³/mol. The molecule has 0 spiro atoms. The highest BCUT2D eigenvalue weighted by Gasteiger charge is 2.32. The Balaban J connectivity index is 2.29. The molecule has 2 atom stereocenters. The molecular weight excluding hydrogens is 234 g/mol. The van der Waals surface area contributed by atoms with Gasteiger partial charge in [-0.3, -0.25) is 0 Å². The van der Waals surface area contributed by atoms with Crippen molar-refractivity contribution in [3.8, 4) is 0 Å². The Hall–Kier alpha value is -1.16. The molecule has 1 saturated heterocycles. The molecule has 18 heavy (non-hydrogen) atoms. The first kappa shape index (κ1) is 13.3. The Labute approximate surface area is 107 Å². The second-order valence-corrected chi connectivity index (χ2v) is 5.40. The molecule has 1 aliphatic heterocycles. The first-order chi connectivity index (χ1) is 8.43. The van der Waals surface area contributed by atoms with E-state index in [2.05, 4.69) is 31.0 Å². The summed E-state index contributed by atoms with van der Waals surface area (Å²) < 4.78 is 26.6. The summed E-state index contributed by atoms with van der Waals surface area (Å²) in [5.74, 6) is -1.04. The Morgan fingerprint density at radius 3 is 2.50 bits per heavy atom. The van der Waals surface area contributed by atoms with Crippen LogP contribution in [0.25, 0.3) is 0 Å². The predicted octanol–water partition coefficient (Wildman–Crippen LogP) is 2.93. The van der Waals surface area contributed by atoms with E-state index in [0.29, 0.717) is 5.69 Å². The van der Waals surface area contributed by atoms with Gasteiger partial charge in [-0.15, -0.1) is 0 Å². The fourth-order valence-electron chi connectivity index (χ4n) is 2.38. The maximum atomic E-state index is 13.3. The summed E-state index contributed by atoms with van der Waals surface area (Å²) in [5.41, 5.74) is 0.621. The minimum Gasteiger partial charge on any atom is -0.366 e. The fraction of sp³-hybridized carbons (Fsp3) is 0.571. The SMILES string of the molecule is CCC1(C)CN(c2cc(F)cc(F)c2)C(C)CN1. The van der Waals surface area contributed by atoms with Crippen LogP contribution in [0.4, 0.5) is 14.5 Å². The quantitative estimate of drug-likeness (QED) is 0.873. The largest absolute Gasteiger partial charge is 0.366 e. The normalized spacial score (nSPS) is 28.5. The van der Waals surface area contributed by atoms with Crippen molar-refractivity contribution in [2.24, 2.45) is 0 Å². The standard InChI is InChI=1S/C14H20F2N2/c1-4-14(3)9-18(10(2)8-17-14)13-6-11(15)5-12(16)7-13/h5-7,10,17H,4,8-9H2,1-3H3. The maximum absolute atomic E-state index is 13.3. The zero-order valence-electron chi connectivity index (χ0n) is 11.1. The highest BCUT2D eigenvalue weighted by atomic mass is 19.1. The lowest BCUT2D eigenvalue weighted by Gasteiger charge is -2.46. The van der Waals surface area contributed by atoms with E-state index in [1.165, 1.54) is 12.1 Å². The maximum Gasteiger partial charge on any atom is 0.128 e. The highest BCUT2D eigenvalue weighted by molar-refractivity contribution is 5.49. The molecule has 0 bridgehead atoms. The molecule has 100 valence electrons. The number of anilines is 1. The number of halogens is 2. The van der Waals surface area contributed by atoms with Gasteiger partial charge >= 0.3 is 0 Å². The molecule has 0 aliphatic carbocycles. The van der Waals surface area contributed by atoms with Crippen molar-refractivity contribution in [2.45, 2.75) is 38.8 Å². The molecule has 0 amide bonds. The van der Waals surface area contributed by atoms with Crippen molar-refractivity contribution < 1.29 is 8.78 Å². The van der Waals surface area contributed by atoms with Crippen molar-refractivity contribution in [3.05, 3.63) is 29.8 Å². The number of piperazine rings is 1. The van der Waals surface area contributed by atoms with Crippen LogP contribution in [0.2, 0.25) is 0 Å². The summed E-state index contributed by atoms with van der Waals surface area (Å²) in [6, 6.07) is 3.95. The van der Waals surface area contributed by atoms with Gasteiger partial charge < -0.3 is 10.2 Å². The van der Waals surface area contributed by atoms with E-state index >= 15 is 0 Å². The number of hydrogen-bond donors (Lipinski definition) is 1. The second-order valence-electron chi connectivity index (χ2n) is 5.40. The summed E-state index contributed by atoms with van der Waals surface area (Å²) >= 11 is 0. The Bertz CT molecular complexity index is 416. The van der Waals surface area contributed by atoms with Crippen LogP contribution in [0.5, 0.6) is 0 Å². The molecular formula is C14H20F2N2. The van der Waals surface area contributed by atoms with Crippen molar-refractivity contribution in [1.29, 1.82) is 0 Å². The average Bonchev–Trinajstić information content (AvgIpc) is 2.31. The van der Waals surface area contributed by atoms with Crippen LogP contribution >= 0.6 is 0 Å². The first-order valence-corrected chi connectivity index (χ1v) is 6.41. The Morgan fingerprint density at radius 1 is 1.33 bits per heavy atom. The third-order valence-electron chi connectivity index (χ3n) is 3.83. The molecule has 2 unspecified atom stereocenters. The molecule has 1 fully saturated rings. The van der Waals surface area contributed by atoms with Crippen molar-refractivity contribution in [2.75, 3.05) is 18.0 Å². The smallest absolute Gasteiger partial charge is 0.128 e. The van der Waals surface area contributed by atoms with E-state index in [1.807, 2.05) is 0 Å². The number of hydrogen-bond acceptors (Lipinski definition) is 2. The van der Waals surface area contributed by atoms with Crippen molar-refractivity contribution >= 4 is 5.69 Å². The summed E-state index contributed by atoms with van der Waals surface area (Å²) in [6.07, 6.45) is 0.980. The lowest BCUT2D eigenvalue weighted by atomic mass is 9.93. The van der Waals surface area contributed by atoms with Crippen LogP contribution in [0, 0.1) is 11.6 Å². The molecule has 1 heterocycles. The Kier molecular flexibility index (Phi) is 3.57. The van der Waals surface area contributed by atoms with E-state index in [4.69, 9.17) is 0 Å². The first-order valence-electron chi connectivity index (χ1n) is 6.41. The zero-order chi connectivity index (χ0) is 13.3. The van der Waals surface area contributed by atoms with Gasteiger partial charge in [0.2, 0.25) is 0 Å². The van der Waals surface area contributed by atoms with E-state index in [9.17, 15) is 8.78 Å². The molecule has 1 aromatic rings. The minimum absolute atomic E-state index is 0.00466. The van der Waals surface area contributed by atoms with Crippen LogP contribution in [0.3, 0.4) is 0 Å². The molecule has 1 aromatic carbocycles. The van der Waals surface area contributed by atoms with Gasteiger partial charge in [-0.2, -0.15) is 0 Å². The van der Waals surface area contributed by atoms with Crippen LogP contribution in [0.15, 0.2) is 18.2 Å². The molecule has 1 aliphatic rings.